The Labute approximate surface area is 87.8 Å². The van der Waals surface area contributed by atoms with Crippen molar-refractivity contribution in [3.05, 3.63) is 35.9 Å². The van der Waals surface area contributed by atoms with Crippen molar-refractivity contribution in [1.29, 1.82) is 0 Å². The van der Waals surface area contributed by atoms with E-state index >= 15 is 0 Å². The number of H-pyrrole nitrogens is 1. The van der Waals surface area contributed by atoms with Crippen molar-refractivity contribution in [2.45, 2.75) is 13.0 Å². The molecule has 0 bridgehead atoms. The number of rotatable bonds is 1. The Bertz CT molecular complexity index is 437. The highest BCUT2D eigenvalue weighted by Crippen LogP contribution is 2.18. The molecule has 0 radical (unpaired) electrons. The zero-order valence-corrected chi connectivity index (χ0v) is 8.33. The molecule has 0 fully saturated rings. The van der Waals surface area contributed by atoms with E-state index in [4.69, 9.17) is 0 Å². The van der Waals surface area contributed by atoms with E-state index in [0.717, 1.165) is 30.9 Å². The summed E-state index contributed by atoms with van der Waals surface area (Å²) in [5.74, 6) is 0.928. The van der Waals surface area contributed by atoms with Crippen molar-refractivity contribution in [2.75, 3.05) is 6.54 Å². The van der Waals surface area contributed by atoms with Crippen LogP contribution in [0.1, 0.15) is 11.4 Å². The topological polar surface area (TPSA) is 53.6 Å². The molecule has 0 aromatic carbocycles. The van der Waals surface area contributed by atoms with E-state index in [0.29, 0.717) is 0 Å². The first-order valence-electron chi connectivity index (χ1n) is 5.12. The van der Waals surface area contributed by atoms with E-state index in [1.807, 2.05) is 18.3 Å². The average molecular weight is 200 g/mol. The van der Waals surface area contributed by atoms with Crippen LogP contribution >= 0.6 is 0 Å². The fourth-order valence-electron chi connectivity index (χ4n) is 1.86. The van der Waals surface area contributed by atoms with Gasteiger partial charge in [0.1, 0.15) is 5.82 Å². The van der Waals surface area contributed by atoms with Gasteiger partial charge in [-0.3, -0.25) is 4.98 Å². The standard InChI is InChI=1S/C11H12N4/c1-2-8(6-12-4-1)11-14-9-3-5-13-7-10(9)15-11/h1-2,4,6,13H,3,5,7H2,(H,14,15). The third-order valence-electron chi connectivity index (χ3n) is 2.64. The average Bonchev–Trinajstić information content (AvgIpc) is 2.74. The predicted molar refractivity (Wildman–Crippen MR) is 57.2 cm³/mol. The molecule has 0 spiro atoms. The van der Waals surface area contributed by atoms with E-state index in [1.165, 1.54) is 11.4 Å². The Morgan fingerprint density at radius 3 is 3.13 bits per heavy atom. The summed E-state index contributed by atoms with van der Waals surface area (Å²) in [7, 11) is 0. The van der Waals surface area contributed by atoms with E-state index < -0.39 is 0 Å². The maximum absolute atomic E-state index is 4.59. The molecule has 4 heteroatoms. The van der Waals surface area contributed by atoms with Crippen molar-refractivity contribution in [3.63, 3.8) is 0 Å². The molecule has 15 heavy (non-hydrogen) atoms. The highest BCUT2D eigenvalue weighted by atomic mass is 15.0. The van der Waals surface area contributed by atoms with Crippen LogP contribution in [0.2, 0.25) is 0 Å². The van der Waals surface area contributed by atoms with Crippen LogP contribution in [0.25, 0.3) is 11.4 Å². The predicted octanol–water partition coefficient (Wildman–Crippen LogP) is 1.12. The van der Waals surface area contributed by atoms with Crippen molar-refractivity contribution < 1.29 is 0 Å². The molecule has 0 atom stereocenters. The highest BCUT2D eigenvalue weighted by Gasteiger charge is 2.14. The Hall–Kier alpha value is -1.68. The molecule has 0 unspecified atom stereocenters. The molecule has 2 aromatic heterocycles. The van der Waals surface area contributed by atoms with Crippen molar-refractivity contribution in [3.8, 4) is 11.4 Å². The smallest absolute Gasteiger partial charge is 0.139 e. The van der Waals surface area contributed by atoms with Crippen LogP contribution in [0, 0.1) is 0 Å². The number of nitrogens with one attached hydrogen (secondary N) is 2. The molecule has 0 amide bonds. The number of hydrogen-bond donors (Lipinski definition) is 2. The number of nitrogens with zero attached hydrogens (tertiary/aromatic N) is 2. The summed E-state index contributed by atoms with van der Waals surface area (Å²) in [4.78, 5) is 12.0. The first-order valence-corrected chi connectivity index (χ1v) is 5.12. The minimum Gasteiger partial charge on any atom is -0.341 e. The second kappa shape index (κ2) is 3.47. The van der Waals surface area contributed by atoms with Crippen LogP contribution in [0.3, 0.4) is 0 Å². The lowest BCUT2D eigenvalue weighted by atomic mass is 10.2. The lowest BCUT2D eigenvalue weighted by Crippen LogP contribution is -2.23. The van der Waals surface area contributed by atoms with Gasteiger partial charge in [0, 0.05) is 37.5 Å². The monoisotopic (exact) mass is 200 g/mol. The maximum atomic E-state index is 4.59. The zero-order chi connectivity index (χ0) is 10.1. The van der Waals surface area contributed by atoms with Crippen LogP contribution in [0.5, 0.6) is 0 Å². The van der Waals surface area contributed by atoms with Crippen molar-refractivity contribution in [1.82, 2.24) is 20.3 Å². The number of fused-ring (bicyclic) bond motifs is 1. The largest absolute Gasteiger partial charge is 0.341 e. The zero-order valence-electron chi connectivity index (χ0n) is 8.33. The van der Waals surface area contributed by atoms with Gasteiger partial charge in [0.15, 0.2) is 0 Å². The molecule has 0 saturated carbocycles. The molecule has 2 N–H and O–H groups in total. The second-order valence-electron chi connectivity index (χ2n) is 3.68. The summed E-state index contributed by atoms with van der Waals surface area (Å²) in [6.45, 7) is 1.91. The quantitative estimate of drug-likeness (QED) is 0.725. The fourth-order valence-corrected chi connectivity index (χ4v) is 1.86. The van der Waals surface area contributed by atoms with Gasteiger partial charge >= 0.3 is 0 Å². The Kier molecular flexibility index (Phi) is 1.99. The van der Waals surface area contributed by atoms with Gasteiger partial charge in [0.05, 0.1) is 11.4 Å². The summed E-state index contributed by atoms with van der Waals surface area (Å²) in [5, 5.41) is 3.32. The molecule has 76 valence electrons. The normalized spacial score (nSPS) is 14.9. The minimum atomic E-state index is 0.891. The molecule has 3 heterocycles. The first kappa shape index (κ1) is 8.61. The van der Waals surface area contributed by atoms with Gasteiger partial charge < -0.3 is 10.3 Å². The summed E-state index contributed by atoms with van der Waals surface area (Å²) in [6.07, 6.45) is 4.61. The van der Waals surface area contributed by atoms with E-state index in [1.54, 1.807) is 6.20 Å². The van der Waals surface area contributed by atoms with Gasteiger partial charge in [-0.1, -0.05) is 0 Å². The summed E-state index contributed by atoms with van der Waals surface area (Å²) < 4.78 is 0. The molecular formula is C11H12N4. The third kappa shape index (κ3) is 1.53. The summed E-state index contributed by atoms with van der Waals surface area (Å²) >= 11 is 0. The minimum absolute atomic E-state index is 0.891. The van der Waals surface area contributed by atoms with Crippen LogP contribution in [-0.4, -0.2) is 21.5 Å². The van der Waals surface area contributed by atoms with E-state index in [-0.39, 0.29) is 0 Å². The van der Waals surface area contributed by atoms with Crippen LogP contribution in [-0.2, 0) is 13.0 Å². The number of imidazole rings is 1. The molecule has 3 rings (SSSR count). The lowest BCUT2D eigenvalue weighted by molar-refractivity contribution is 0.627. The van der Waals surface area contributed by atoms with Crippen molar-refractivity contribution >= 4 is 0 Å². The summed E-state index contributed by atoms with van der Waals surface area (Å²) in [5.41, 5.74) is 3.44. The van der Waals surface area contributed by atoms with Gasteiger partial charge in [0.25, 0.3) is 0 Å². The van der Waals surface area contributed by atoms with Crippen LogP contribution in [0.4, 0.5) is 0 Å². The molecule has 1 aliphatic heterocycles. The molecule has 4 nitrogen and oxygen atoms in total. The third-order valence-corrected chi connectivity index (χ3v) is 2.64. The van der Waals surface area contributed by atoms with Crippen LogP contribution < -0.4 is 5.32 Å². The SMILES string of the molecule is c1cncc(-c2nc3c([nH]2)CNCC3)c1. The Morgan fingerprint density at radius 1 is 1.33 bits per heavy atom. The lowest BCUT2D eigenvalue weighted by Gasteiger charge is -2.09. The van der Waals surface area contributed by atoms with Gasteiger partial charge in [-0.2, -0.15) is 0 Å². The van der Waals surface area contributed by atoms with Gasteiger partial charge in [-0.25, -0.2) is 4.98 Å². The molecule has 1 aliphatic rings. The number of aromatic amines is 1. The van der Waals surface area contributed by atoms with Crippen molar-refractivity contribution in [2.24, 2.45) is 0 Å². The van der Waals surface area contributed by atoms with E-state index in [2.05, 4.69) is 20.3 Å². The maximum Gasteiger partial charge on any atom is 0.139 e. The number of hydrogen-bond acceptors (Lipinski definition) is 3. The molecular weight excluding hydrogens is 188 g/mol. The summed E-state index contributed by atoms with van der Waals surface area (Å²) in [6, 6.07) is 3.94. The van der Waals surface area contributed by atoms with Gasteiger partial charge in [-0.05, 0) is 12.1 Å². The van der Waals surface area contributed by atoms with Crippen LogP contribution in [0.15, 0.2) is 24.5 Å². The Morgan fingerprint density at radius 2 is 2.33 bits per heavy atom. The highest BCUT2D eigenvalue weighted by molar-refractivity contribution is 5.54. The van der Waals surface area contributed by atoms with Gasteiger partial charge in [0.2, 0.25) is 0 Å². The van der Waals surface area contributed by atoms with Gasteiger partial charge in [-0.15, -0.1) is 0 Å². The molecule has 2 aromatic rings. The fraction of sp³-hybridized carbons (Fsp3) is 0.273. The van der Waals surface area contributed by atoms with E-state index in [9.17, 15) is 0 Å². The molecule has 0 aliphatic carbocycles. The number of aromatic nitrogens is 3. The first-order chi connectivity index (χ1) is 7.43. The second-order valence-corrected chi connectivity index (χ2v) is 3.68. The molecule has 0 saturated heterocycles. The number of pyridine rings is 1. The Balaban J connectivity index is 2.03.